The van der Waals surface area contributed by atoms with Crippen LogP contribution in [0.3, 0.4) is 0 Å². The number of thiazole rings is 1. The van der Waals surface area contributed by atoms with Gasteiger partial charge in [0.25, 0.3) is 5.19 Å². The predicted molar refractivity (Wildman–Crippen MR) is 79.4 cm³/mol. The lowest BCUT2D eigenvalue weighted by atomic mass is 10.2. The molecule has 1 aromatic heterocycles. The van der Waals surface area contributed by atoms with Crippen molar-refractivity contribution in [3.8, 4) is 16.7 Å². The summed E-state index contributed by atoms with van der Waals surface area (Å²) in [6.07, 6.45) is 1.72. The van der Waals surface area contributed by atoms with Crippen LogP contribution in [0.4, 0.5) is 0 Å². The second-order valence-electron chi connectivity index (χ2n) is 4.12. The van der Waals surface area contributed by atoms with Crippen LogP contribution in [0.2, 0.25) is 0 Å². The van der Waals surface area contributed by atoms with E-state index in [1.54, 1.807) is 6.20 Å². The third-order valence-electron chi connectivity index (χ3n) is 2.69. The summed E-state index contributed by atoms with van der Waals surface area (Å²) in [5.41, 5.74) is 1.12. The van der Waals surface area contributed by atoms with Gasteiger partial charge in [0.15, 0.2) is 11.5 Å². The van der Waals surface area contributed by atoms with Crippen molar-refractivity contribution >= 4 is 11.3 Å². The molecule has 2 aromatic carbocycles. The number of aromatic nitrogens is 1. The predicted octanol–water partition coefficient (Wildman–Crippen LogP) is 4.51. The van der Waals surface area contributed by atoms with Crippen molar-refractivity contribution in [2.24, 2.45) is 0 Å². The molecule has 0 spiro atoms. The summed E-state index contributed by atoms with van der Waals surface area (Å²) in [5.74, 6) is 1.39. The number of nitrogens with zero attached hydrogens (tertiary/aromatic N) is 1. The highest BCUT2D eigenvalue weighted by atomic mass is 32.1. The molecule has 100 valence electrons. The largest absolute Gasteiger partial charge is 0.485 e. The Balaban J connectivity index is 1.73. The van der Waals surface area contributed by atoms with Crippen LogP contribution in [-0.2, 0) is 6.61 Å². The number of ether oxygens (including phenoxy) is 2. The maximum absolute atomic E-state index is 5.82. The van der Waals surface area contributed by atoms with Gasteiger partial charge in [-0.3, -0.25) is 0 Å². The first kappa shape index (κ1) is 12.7. The zero-order chi connectivity index (χ0) is 13.6. The van der Waals surface area contributed by atoms with E-state index in [1.807, 2.05) is 60.0 Å². The topological polar surface area (TPSA) is 31.4 Å². The molecule has 0 unspecified atom stereocenters. The zero-order valence-electron chi connectivity index (χ0n) is 10.7. The van der Waals surface area contributed by atoms with Crippen LogP contribution in [0, 0.1) is 0 Å². The van der Waals surface area contributed by atoms with Crippen molar-refractivity contribution < 1.29 is 9.47 Å². The van der Waals surface area contributed by atoms with Gasteiger partial charge in [-0.25, -0.2) is 4.98 Å². The summed E-state index contributed by atoms with van der Waals surface area (Å²) in [7, 11) is 0. The molecule has 3 aromatic rings. The van der Waals surface area contributed by atoms with E-state index in [1.165, 1.54) is 11.3 Å². The second kappa shape index (κ2) is 6.21. The minimum absolute atomic E-state index is 0.513. The van der Waals surface area contributed by atoms with Crippen LogP contribution in [0.1, 0.15) is 5.56 Å². The standard InChI is InChI=1S/C16H13NO2S/c1-2-6-13(7-3-1)12-18-14-8-4-5-9-15(14)19-16-17-10-11-20-16/h1-11H,12H2. The molecule has 3 nitrogen and oxygen atoms in total. The van der Waals surface area contributed by atoms with E-state index in [9.17, 15) is 0 Å². The lowest BCUT2D eigenvalue weighted by molar-refractivity contribution is 0.291. The lowest BCUT2D eigenvalue weighted by Gasteiger charge is -2.10. The number of para-hydroxylation sites is 2. The molecule has 0 bridgehead atoms. The van der Waals surface area contributed by atoms with Crippen LogP contribution >= 0.6 is 11.3 Å². The van der Waals surface area contributed by atoms with Crippen LogP contribution in [0.15, 0.2) is 66.2 Å². The van der Waals surface area contributed by atoms with Crippen molar-refractivity contribution in [3.63, 3.8) is 0 Å². The summed E-state index contributed by atoms with van der Waals surface area (Å²) in [6.45, 7) is 0.513. The van der Waals surface area contributed by atoms with Gasteiger partial charge in [-0.15, -0.1) is 0 Å². The van der Waals surface area contributed by atoms with Crippen LogP contribution in [-0.4, -0.2) is 4.98 Å². The molecule has 0 N–H and O–H groups in total. The van der Waals surface area contributed by atoms with Gasteiger partial charge in [0.2, 0.25) is 0 Å². The van der Waals surface area contributed by atoms with Gasteiger partial charge in [-0.2, -0.15) is 0 Å². The molecule has 1 heterocycles. The molecule has 4 heteroatoms. The van der Waals surface area contributed by atoms with Gasteiger partial charge in [-0.05, 0) is 17.7 Å². The Morgan fingerprint density at radius 1 is 0.900 bits per heavy atom. The fraction of sp³-hybridized carbons (Fsp3) is 0.0625. The van der Waals surface area contributed by atoms with E-state index >= 15 is 0 Å². The molecule has 20 heavy (non-hydrogen) atoms. The van der Waals surface area contributed by atoms with Crippen molar-refractivity contribution in [1.82, 2.24) is 4.98 Å². The fourth-order valence-corrected chi connectivity index (χ4v) is 2.24. The van der Waals surface area contributed by atoms with E-state index in [0.717, 1.165) is 5.56 Å². The summed E-state index contributed by atoms with van der Waals surface area (Å²) >= 11 is 1.45. The summed E-state index contributed by atoms with van der Waals surface area (Å²) in [5, 5.41) is 2.49. The van der Waals surface area contributed by atoms with Crippen molar-refractivity contribution in [2.75, 3.05) is 0 Å². The maximum Gasteiger partial charge on any atom is 0.278 e. The minimum Gasteiger partial charge on any atom is -0.485 e. The van der Waals surface area contributed by atoms with Gasteiger partial charge in [-0.1, -0.05) is 53.8 Å². The van der Waals surface area contributed by atoms with E-state index in [2.05, 4.69) is 4.98 Å². The van der Waals surface area contributed by atoms with Crippen molar-refractivity contribution in [3.05, 3.63) is 71.7 Å². The Labute approximate surface area is 121 Å². The highest BCUT2D eigenvalue weighted by Crippen LogP contribution is 2.32. The van der Waals surface area contributed by atoms with Gasteiger partial charge in [0.05, 0.1) is 0 Å². The molecule has 0 atom stereocenters. The van der Waals surface area contributed by atoms with Crippen LogP contribution < -0.4 is 9.47 Å². The number of hydrogen-bond acceptors (Lipinski definition) is 4. The van der Waals surface area contributed by atoms with E-state index in [4.69, 9.17) is 9.47 Å². The molecular weight excluding hydrogens is 270 g/mol. The van der Waals surface area contributed by atoms with E-state index in [-0.39, 0.29) is 0 Å². The summed E-state index contributed by atoms with van der Waals surface area (Å²) < 4.78 is 11.5. The van der Waals surface area contributed by atoms with Gasteiger partial charge in [0, 0.05) is 11.6 Å². The molecule has 0 saturated carbocycles. The highest BCUT2D eigenvalue weighted by molar-refractivity contribution is 7.11. The first-order chi connectivity index (χ1) is 9.92. The third-order valence-corrected chi connectivity index (χ3v) is 3.34. The fourth-order valence-electron chi connectivity index (χ4n) is 1.74. The Bertz CT molecular complexity index is 653. The van der Waals surface area contributed by atoms with Crippen molar-refractivity contribution in [2.45, 2.75) is 6.61 Å². The Morgan fingerprint density at radius 2 is 1.65 bits per heavy atom. The molecule has 0 saturated heterocycles. The summed E-state index contributed by atoms with van der Waals surface area (Å²) in [6, 6.07) is 17.7. The first-order valence-electron chi connectivity index (χ1n) is 6.25. The smallest absolute Gasteiger partial charge is 0.278 e. The molecule has 0 aliphatic heterocycles. The lowest BCUT2D eigenvalue weighted by Crippen LogP contribution is -1.97. The number of hydrogen-bond donors (Lipinski definition) is 0. The molecule has 0 aliphatic carbocycles. The van der Waals surface area contributed by atoms with Crippen LogP contribution in [0.5, 0.6) is 16.7 Å². The molecule has 0 amide bonds. The quantitative estimate of drug-likeness (QED) is 0.690. The Kier molecular flexibility index (Phi) is 3.94. The van der Waals surface area contributed by atoms with Crippen LogP contribution in [0.25, 0.3) is 0 Å². The average molecular weight is 283 g/mol. The molecular formula is C16H13NO2S. The zero-order valence-corrected chi connectivity index (χ0v) is 11.5. The van der Waals surface area contributed by atoms with E-state index < -0.39 is 0 Å². The van der Waals surface area contributed by atoms with Crippen molar-refractivity contribution in [1.29, 1.82) is 0 Å². The number of benzene rings is 2. The summed E-state index contributed by atoms with van der Waals surface area (Å²) in [4.78, 5) is 4.11. The third kappa shape index (κ3) is 3.16. The van der Waals surface area contributed by atoms with Gasteiger partial charge in [0.1, 0.15) is 6.61 Å². The van der Waals surface area contributed by atoms with Gasteiger partial charge >= 0.3 is 0 Å². The second-order valence-corrected chi connectivity index (χ2v) is 4.98. The van der Waals surface area contributed by atoms with E-state index in [0.29, 0.717) is 23.3 Å². The Hall–Kier alpha value is -2.33. The molecule has 0 aliphatic rings. The SMILES string of the molecule is c1ccc(COc2ccccc2Oc2nccs2)cc1. The molecule has 3 rings (SSSR count). The minimum atomic E-state index is 0.513. The average Bonchev–Trinajstić information content (AvgIpc) is 3.00. The maximum atomic E-state index is 5.82. The number of rotatable bonds is 5. The first-order valence-corrected chi connectivity index (χ1v) is 7.13. The molecule has 0 radical (unpaired) electrons. The molecule has 0 fully saturated rings. The highest BCUT2D eigenvalue weighted by Gasteiger charge is 2.07. The monoisotopic (exact) mass is 283 g/mol. The van der Waals surface area contributed by atoms with Gasteiger partial charge < -0.3 is 9.47 Å². The normalized spacial score (nSPS) is 10.2. The Morgan fingerprint density at radius 3 is 2.40 bits per heavy atom.